The molecule has 0 saturated carbocycles. The lowest BCUT2D eigenvalue weighted by molar-refractivity contribution is -0.123. The van der Waals surface area contributed by atoms with Gasteiger partial charge in [0.25, 0.3) is 0 Å². The number of amides is 1. The van der Waals surface area contributed by atoms with E-state index in [4.69, 9.17) is 0 Å². The van der Waals surface area contributed by atoms with Crippen LogP contribution in [-0.2, 0) is 24.4 Å². The molecular weight excluding hydrogens is 330 g/mol. The molecule has 1 N–H and O–H groups in total. The van der Waals surface area contributed by atoms with E-state index in [1.807, 2.05) is 35.1 Å². The largest absolute Gasteiger partial charge is 0.351 e. The van der Waals surface area contributed by atoms with Crippen molar-refractivity contribution in [3.63, 3.8) is 0 Å². The molecule has 1 aliphatic rings. The minimum Gasteiger partial charge on any atom is -0.351 e. The second-order valence-corrected chi connectivity index (χ2v) is 6.50. The maximum absolute atomic E-state index is 12.8. The van der Waals surface area contributed by atoms with Gasteiger partial charge in [-0.1, -0.05) is 30.7 Å². The van der Waals surface area contributed by atoms with Crippen LogP contribution >= 0.6 is 0 Å². The molecule has 0 fully saturated rings. The first kappa shape index (κ1) is 16.4. The van der Waals surface area contributed by atoms with Gasteiger partial charge >= 0.3 is 0 Å². The van der Waals surface area contributed by atoms with Crippen LogP contribution in [0.1, 0.15) is 42.1 Å². The molecule has 8 heteroatoms. The molecule has 1 aromatic carbocycles. The van der Waals surface area contributed by atoms with Gasteiger partial charge in [-0.2, -0.15) is 5.10 Å². The van der Waals surface area contributed by atoms with Crippen LogP contribution in [0, 0.1) is 0 Å². The molecule has 0 bridgehead atoms. The van der Waals surface area contributed by atoms with E-state index in [1.54, 1.807) is 10.9 Å². The molecule has 0 unspecified atom stereocenters. The van der Waals surface area contributed by atoms with Crippen molar-refractivity contribution in [1.82, 2.24) is 35.3 Å². The number of hydrogen-bond donors (Lipinski definition) is 1. The number of tetrazole rings is 1. The summed E-state index contributed by atoms with van der Waals surface area (Å²) in [6.07, 6.45) is 6.45. The lowest BCUT2D eigenvalue weighted by atomic mass is 10.0. The molecule has 3 aromatic rings. The van der Waals surface area contributed by atoms with Crippen LogP contribution in [0.5, 0.6) is 0 Å². The topological polar surface area (TPSA) is 90.5 Å². The van der Waals surface area contributed by atoms with Crippen LogP contribution in [0.4, 0.5) is 0 Å². The van der Waals surface area contributed by atoms with E-state index in [0.29, 0.717) is 18.9 Å². The van der Waals surface area contributed by atoms with Crippen molar-refractivity contribution in [3.05, 3.63) is 59.7 Å². The Morgan fingerprint density at radius 1 is 1.19 bits per heavy atom. The standard InChI is InChI=1S/C18H21N7O/c26-18(16-8-3-4-11-25-17(16)21-22-23-25)19-12-14-6-1-2-7-15(14)13-24-10-5-9-20-24/h1-2,5-7,9-10,16H,3-4,8,11-13H2,(H,19,26)/t16-/m1/s1. The maximum Gasteiger partial charge on any atom is 0.231 e. The van der Waals surface area contributed by atoms with Crippen LogP contribution in [0.25, 0.3) is 0 Å². The van der Waals surface area contributed by atoms with E-state index in [9.17, 15) is 4.79 Å². The van der Waals surface area contributed by atoms with Crippen molar-refractivity contribution >= 4 is 5.91 Å². The van der Waals surface area contributed by atoms with Crippen LogP contribution in [-0.4, -0.2) is 35.9 Å². The zero-order valence-electron chi connectivity index (χ0n) is 14.5. The third-order valence-corrected chi connectivity index (χ3v) is 4.76. The number of carbonyl (C=O) groups is 1. The Bertz CT molecular complexity index is 871. The van der Waals surface area contributed by atoms with Gasteiger partial charge in [0.05, 0.1) is 12.5 Å². The molecule has 0 spiro atoms. The first-order chi connectivity index (χ1) is 12.8. The summed E-state index contributed by atoms with van der Waals surface area (Å²) in [5, 5.41) is 19.1. The molecule has 4 rings (SSSR count). The van der Waals surface area contributed by atoms with E-state index in [-0.39, 0.29) is 11.8 Å². The molecular formula is C18H21N7O. The summed E-state index contributed by atoms with van der Waals surface area (Å²) >= 11 is 0. The monoisotopic (exact) mass is 351 g/mol. The quantitative estimate of drug-likeness (QED) is 0.752. The summed E-state index contributed by atoms with van der Waals surface area (Å²) in [5.41, 5.74) is 2.23. The van der Waals surface area contributed by atoms with Gasteiger partial charge in [0.15, 0.2) is 5.82 Å². The number of fused-ring (bicyclic) bond motifs is 1. The van der Waals surface area contributed by atoms with Gasteiger partial charge in [0, 0.05) is 25.5 Å². The number of nitrogens with one attached hydrogen (secondary N) is 1. The van der Waals surface area contributed by atoms with Crippen LogP contribution in [0.15, 0.2) is 42.7 Å². The fourth-order valence-electron chi connectivity index (χ4n) is 3.37. The summed E-state index contributed by atoms with van der Waals surface area (Å²) in [5.74, 6) is 0.368. The lowest BCUT2D eigenvalue weighted by Gasteiger charge is -2.15. The molecule has 3 heterocycles. The Balaban J connectivity index is 1.45. The number of nitrogens with zero attached hydrogens (tertiary/aromatic N) is 6. The molecule has 1 aliphatic heterocycles. The average Bonchev–Trinajstić information content (AvgIpc) is 3.29. The van der Waals surface area contributed by atoms with E-state index >= 15 is 0 Å². The highest BCUT2D eigenvalue weighted by Gasteiger charge is 2.28. The fraction of sp³-hybridized carbons (Fsp3) is 0.389. The molecule has 0 saturated heterocycles. The zero-order chi connectivity index (χ0) is 17.8. The molecule has 134 valence electrons. The van der Waals surface area contributed by atoms with E-state index in [1.165, 1.54) is 0 Å². The summed E-state index contributed by atoms with van der Waals surface area (Å²) in [7, 11) is 0. The smallest absolute Gasteiger partial charge is 0.231 e. The van der Waals surface area contributed by atoms with E-state index < -0.39 is 0 Å². The van der Waals surface area contributed by atoms with E-state index in [2.05, 4.69) is 32.0 Å². The third kappa shape index (κ3) is 3.49. The highest BCUT2D eigenvalue weighted by Crippen LogP contribution is 2.24. The minimum absolute atomic E-state index is 0.0168. The maximum atomic E-state index is 12.8. The normalized spacial score (nSPS) is 16.7. The molecule has 1 amide bonds. The third-order valence-electron chi connectivity index (χ3n) is 4.76. The number of hydrogen-bond acceptors (Lipinski definition) is 5. The molecule has 26 heavy (non-hydrogen) atoms. The Morgan fingerprint density at radius 3 is 2.92 bits per heavy atom. The fourth-order valence-corrected chi connectivity index (χ4v) is 3.37. The van der Waals surface area contributed by atoms with Crippen molar-refractivity contribution in [3.8, 4) is 0 Å². The summed E-state index contributed by atoms with van der Waals surface area (Å²) in [6.45, 7) is 1.94. The van der Waals surface area contributed by atoms with Gasteiger partial charge in [0.1, 0.15) is 0 Å². The Morgan fingerprint density at radius 2 is 2.08 bits per heavy atom. The number of benzene rings is 1. The van der Waals surface area contributed by atoms with E-state index in [0.717, 1.165) is 36.9 Å². The number of rotatable bonds is 5. The second kappa shape index (κ2) is 7.47. The summed E-state index contributed by atoms with van der Waals surface area (Å²) in [4.78, 5) is 12.8. The molecule has 2 aromatic heterocycles. The number of carbonyl (C=O) groups excluding carboxylic acids is 1. The van der Waals surface area contributed by atoms with Gasteiger partial charge < -0.3 is 5.32 Å². The SMILES string of the molecule is O=C(NCc1ccccc1Cn1cccn1)[C@@H]1CCCCn2nnnc21. The number of aryl methyl sites for hydroxylation is 1. The van der Waals surface area contributed by atoms with Crippen molar-refractivity contribution < 1.29 is 4.79 Å². The predicted molar refractivity (Wildman–Crippen MR) is 94.0 cm³/mol. The van der Waals surface area contributed by atoms with Gasteiger partial charge in [-0.15, -0.1) is 5.10 Å². The Labute approximate surface area is 151 Å². The average molecular weight is 351 g/mol. The van der Waals surface area contributed by atoms with Crippen LogP contribution in [0.3, 0.4) is 0 Å². The zero-order valence-corrected chi connectivity index (χ0v) is 14.5. The highest BCUT2D eigenvalue weighted by molar-refractivity contribution is 5.82. The van der Waals surface area contributed by atoms with Crippen LogP contribution in [0.2, 0.25) is 0 Å². The van der Waals surface area contributed by atoms with Gasteiger partial charge in [-0.05, 0) is 40.5 Å². The van der Waals surface area contributed by atoms with Gasteiger partial charge in [0.2, 0.25) is 5.91 Å². The van der Waals surface area contributed by atoms with Crippen molar-refractivity contribution in [2.24, 2.45) is 0 Å². The van der Waals surface area contributed by atoms with Crippen molar-refractivity contribution in [2.75, 3.05) is 0 Å². The second-order valence-electron chi connectivity index (χ2n) is 6.50. The van der Waals surface area contributed by atoms with Gasteiger partial charge in [-0.25, -0.2) is 4.68 Å². The first-order valence-electron chi connectivity index (χ1n) is 8.89. The Hall–Kier alpha value is -3.03. The van der Waals surface area contributed by atoms with Gasteiger partial charge in [-0.3, -0.25) is 9.48 Å². The molecule has 0 radical (unpaired) electrons. The van der Waals surface area contributed by atoms with Crippen LogP contribution < -0.4 is 5.32 Å². The highest BCUT2D eigenvalue weighted by atomic mass is 16.1. The number of aromatic nitrogens is 6. The molecule has 1 atom stereocenters. The molecule has 0 aliphatic carbocycles. The molecule has 8 nitrogen and oxygen atoms in total. The first-order valence-corrected chi connectivity index (χ1v) is 8.89. The predicted octanol–water partition coefficient (Wildman–Crippen LogP) is 1.50. The van der Waals surface area contributed by atoms with Crippen molar-refractivity contribution in [1.29, 1.82) is 0 Å². The van der Waals surface area contributed by atoms with Crippen molar-refractivity contribution in [2.45, 2.75) is 44.8 Å². The lowest BCUT2D eigenvalue weighted by Crippen LogP contribution is -2.30. The summed E-state index contributed by atoms with van der Waals surface area (Å²) in [6, 6.07) is 10.00. The minimum atomic E-state index is -0.286. The Kier molecular flexibility index (Phi) is 4.72. The summed E-state index contributed by atoms with van der Waals surface area (Å²) < 4.78 is 3.63.